The molecule has 8 heteroatoms. The Morgan fingerprint density at radius 3 is 2.71 bits per heavy atom. The van der Waals surface area contributed by atoms with Gasteiger partial charge < -0.3 is 11.1 Å². The number of anilines is 1. The van der Waals surface area contributed by atoms with Crippen LogP contribution in [-0.4, -0.2) is 37.8 Å². The highest BCUT2D eigenvalue weighted by molar-refractivity contribution is 9.10. The van der Waals surface area contributed by atoms with E-state index in [9.17, 15) is 13.2 Å². The maximum absolute atomic E-state index is 12.8. The summed E-state index contributed by atoms with van der Waals surface area (Å²) in [6.45, 7) is 2.69. The molecule has 1 amide bonds. The van der Waals surface area contributed by atoms with Gasteiger partial charge in [-0.25, -0.2) is 8.42 Å². The summed E-state index contributed by atoms with van der Waals surface area (Å²) in [5.74, 6) is 0.0134. The maximum atomic E-state index is 12.8. The zero-order valence-electron chi connectivity index (χ0n) is 11.5. The average molecular weight is 374 g/mol. The van der Waals surface area contributed by atoms with E-state index in [1.165, 1.54) is 4.31 Å². The Morgan fingerprint density at radius 2 is 2.10 bits per heavy atom. The van der Waals surface area contributed by atoms with E-state index in [0.717, 1.165) is 0 Å². The molecular formula is C13H16BrN3O3S. The van der Waals surface area contributed by atoms with Crippen molar-refractivity contribution < 1.29 is 13.2 Å². The highest BCUT2D eigenvalue weighted by atomic mass is 79.9. The molecule has 3 N–H and O–H groups in total. The first-order valence-electron chi connectivity index (χ1n) is 6.67. The Balaban J connectivity index is 2.01. The minimum atomic E-state index is -3.61. The van der Waals surface area contributed by atoms with Crippen molar-refractivity contribution in [2.75, 3.05) is 18.4 Å². The van der Waals surface area contributed by atoms with Crippen molar-refractivity contribution in [1.82, 2.24) is 4.31 Å². The van der Waals surface area contributed by atoms with Gasteiger partial charge in [-0.2, -0.15) is 4.31 Å². The molecule has 1 fully saturated rings. The Labute approximate surface area is 131 Å². The number of nitrogens with two attached hydrogens (primary N) is 1. The van der Waals surface area contributed by atoms with Crippen molar-refractivity contribution in [2.45, 2.75) is 24.3 Å². The molecule has 0 aliphatic carbocycles. The Bertz CT molecular complexity index is 710. The van der Waals surface area contributed by atoms with Crippen LogP contribution in [0.5, 0.6) is 0 Å². The molecule has 0 radical (unpaired) electrons. The maximum Gasteiger partial charge on any atom is 0.244 e. The number of sulfonamides is 1. The number of carbonyl (C=O) groups excluding carboxylic acids is 1. The van der Waals surface area contributed by atoms with Gasteiger partial charge in [0.15, 0.2) is 0 Å². The highest BCUT2D eigenvalue weighted by Gasteiger charge is 2.37. The van der Waals surface area contributed by atoms with E-state index < -0.39 is 10.0 Å². The third-order valence-corrected chi connectivity index (χ3v) is 6.83. The molecule has 2 atom stereocenters. The van der Waals surface area contributed by atoms with E-state index in [1.54, 1.807) is 12.1 Å². The van der Waals surface area contributed by atoms with Crippen LogP contribution in [-0.2, 0) is 21.2 Å². The highest BCUT2D eigenvalue weighted by Crippen LogP contribution is 2.35. The van der Waals surface area contributed by atoms with Crippen LogP contribution in [0.25, 0.3) is 0 Å². The van der Waals surface area contributed by atoms with Gasteiger partial charge in [-0.05, 0) is 39.5 Å². The number of benzene rings is 1. The van der Waals surface area contributed by atoms with Crippen LogP contribution in [0, 0.1) is 5.92 Å². The van der Waals surface area contributed by atoms with Gasteiger partial charge in [0, 0.05) is 29.3 Å². The van der Waals surface area contributed by atoms with Gasteiger partial charge in [0.1, 0.15) is 0 Å². The molecule has 2 heterocycles. The van der Waals surface area contributed by atoms with Crippen LogP contribution in [0.2, 0.25) is 0 Å². The molecule has 3 rings (SSSR count). The van der Waals surface area contributed by atoms with Gasteiger partial charge in [-0.1, -0.05) is 6.92 Å². The summed E-state index contributed by atoms with van der Waals surface area (Å²) in [7, 11) is -3.61. The Morgan fingerprint density at radius 1 is 1.38 bits per heavy atom. The zero-order valence-corrected chi connectivity index (χ0v) is 13.9. The summed E-state index contributed by atoms with van der Waals surface area (Å²) in [4.78, 5) is 11.6. The average Bonchev–Trinajstić information content (AvgIpc) is 2.91. The number of halogens is 1. The van der Waals surface area contributed by atoms with Gasteiger partial charge in [-0.15, -0.1) is 0 Å². The van der Waals surface area contributed by atoms with Crippen LogP contribution in [0.15, 0.2) is 21.5 Å². The van der Waals surface area contributed by atoms with Crippen LogP contribution >= 0.6 is 15.9 Å². The molecule has 114 valence electrons. The van der Waals surface area contributed by atoms with Gasteiger partial charge in [0.25, 0.3) is 0 Å². The fraction of sp³-hybridized carbons (Fsp3) is 0.462. The molecule has 2 aliphatic heterocycles. The second-order valence-corrected chi connectivity index (χ2v) is 8.39. The predicted octanol–water partition coefficient (Wildman–Crippen LogP) is 0.911. The normalized spacial score (nSPS) is 26.0. The minimum absolute atomic E-state index is 0.122. The van der Waals surface area contributed by atoms with E-state index in [4.69, 9.17) is 5.73 Å². The molecular weight excluding hydrogens is 358 g/mol. The van der Waals surface area contributed by atoms with E-state index in [-0.39, 0.29) is 29.2 Å². The van der Waals surface area contributed by atoms with Gasteiger partial charge in [0.05, 0.1) is 11.3 Å². The first-order valence-corrected chi connectivity index (χ1v) is 8.90. The second-order valence-electron chi connectivity index (χ2n) is 5.63. The first-order chi connectivity index (χ1) is 9.79. The zero-order chi connectivity index (χ0) is 15.4. The lowest BCUT2D eigenvalue weighted by atomic mass is 10.1. The van der Waals surface area contributed by atoms with Crippen molar-refractivity contribution in [3.05, 3.63) is 22.2 Å². The molecule has 2 unspecified atom stereocenters. The summed E-state index contributed by atoms with van der Waals surface area (Å²) in [5.41, 5.74) is 7.29. The topological polar surface area (TPSA) is 92.5 Å². The van der Waals surface area contributed by atoms with Crippen LogP contribution < -0.4 is 11.1 Å². The summed E-state index contributed by atoms with van der Waals surface area (Å²) < 4.78 is 27.4. The predicted molar refractivity (Wildman–Crippen MR) is 82.4 cm³/mol. The minimum Gasteiger partial charge on any atom is -0.326 e. The molecule has 0 aromatic heterocycles. The van der Waals surface area contributed by atoms with Crippen LogP contribution in [0.4, 0.5) is 5.69 Å². The molecule has 1 aromatic carbocycles. The van der Waals surface area contributed by atoms with Crippen molar-refractivity contribution in [2.24, 2.45) is 11.7 Å². The number of nitrogens with zero attached hydrogens (tertiary/aromatic N) is 1. The van der Waals surface area contributed by atoms with Crippen LogP contribution in [0.3, 0.4) is 0 Å². The van der Waals surface area contributed by atoms with Crippen molar-refractivity contribution in [3.8, 4) is 0 Å². The third kappa shape index (κ3) is 2.50. The fourth-order valence-electron chi connectivity index (χ4n) is 2.70. The Hall–Kier alpha value is -0.960. The molecule has 0 spiro atoms. The van der Waals surface area contributed by atoms with Gasteiger partial charge in [-0.3, -0.25) is 4.79 Å². The van der Waals surface area contributed by atoms with E-state index in [2.05, 4.69) is 21.2 Å². The fourth-order valence-corrected chi connectivity index (χ4v) is 5.34. The largest absolute Gasteiger partial charge is 0.326 e. The quantitative estimate of drug-likeness (QED) is 0.805. The lowest BCUT2D eigenvalue weighted by Crippen LogP contribution is -2.32. The molecule has 1 aromatic rings. The second kappa shape index (κ2) is 5.05. The van der Waals surface area contributed by atoms with Gasteiger partial charge >= 0.3 is 0 Å². The van der Waals surface area contributed by atoms with E-state index in [1.807, 2.05) is 6.92 Å². The summed E-state index contributed by atoms with van der Waals surface area (Å²) in [6.07, 6.45) is 0.209. The number of nitrogens with one attached hydrogen (secondary N) is 1. The molecule has 6 nitrogen and oxygen atoms in total. The van der Waals surface area contributed by atoms with E-state index in [0.29, 0.717) is 28.8 Å². The first kappa shape index (κ1) is 15.0. The number of hydrogen-bond acceptors (Lipinski definition) is 4. The van der Waals surface area contributed by atoms with Crippen molar-refractivity contribution in [1.29, 1.82) is 0 Å². The summed E-state index contributed by atoms with van der Waals surface area (Å²) in [6, 6.07) is 3.07. The standard InChI is InChI=1S/C13H16BrN3O3S/c1-7-5-17(6-10(7)15)21(19,20)12-2-8-3-13(18)16-11(8)4-9(12)14/h2,4,7,10H,3,5-6,15H2,1H3,(H,16,18). The third-order valence-electron chi connectivity index (χ3n) is 4.04. The molecule has 2 aliphatic rings. The van der Waals surface area contributed by atoms with Gasteiger partial charge in [0.2, 0.25) is 15.9 Å². The molecule has 0 saturated carbocycles. The smallest absolute Gasteiger partial charge is 0.244 e. The van der Waals surface area contributed by atoms with Crippen molar-refractivity contribution in [3.63, 3.8) is 0 Å². The number of rotatable bonds is 2. The molecule has 1 saturated heterocycles. The molecule has 21 heavy (non-hydrogen) atoms. The SMILES string of the molecule is CC1CN(S(=O)(=O)c2cc3c(cc2Br)NC(=O)C3)CC1N. The van der Waals surface area contributed by atoms with Crippen LogP contribution in [0.1, 0.15) is 12.5 Å². The lowest BCUT2D eigenvalue weighted by Gasteiger charge is -2.18. The number of hydrogen-bond donors (Lipinski definition) is 2. The number of carbonyl (C=O) groups is 1. The Kier molecular flexibility index (Phi) is 3.59. The van der Waals surface area contributed by atoms with E-state index >= 15 is 0 Å². The van der Waals surface area contributed by atoms with Crippen molar-refractivity contribution >= 4 is 37.5 Å². The number of fused-ring (bicyclic) bond motifs is 1. The monoisotopic (exact) mass is 373 g/mol. The summed E-state index contributed by atoms with van der Waals surface area (Å²) >= 11 is 3.29. The lowest BCUT2D eigenvalue weighted by molar-refractivity contribution is -0.115. The number of amides is 1. The summed E-state index contributed by atoms with van der Waals surface area (Å²) in [5, 5.41) is 2.70. The molecule has 0 bridgehead atoms.